The van der Waals surface area contributed by atoms with Crippen LogP contribution in [0.1, 0.15) is 0 Å². The number of alkyl halides is 2. The summed E-state index contributed by atoms with van der Waals surface area (Å²) >= 11 is 0. The normalized spacial score (nSPS) is 28.8. The molecule has 13 N–H and O–H groups in total. The summed E-state index contributed by atoms with van der Waals surface area (Å²) in [6, 6.07) is 0. The highest BCUT2D eigenvalue weighted by atomic mass is 31.2. The van der Waals surface area contributed by atoms with Crippen LogP contribution in [0, 0.1) is 0 Å². The molecular formula is C7H19F2O26P7. The van der Waals surface area contributed by atoms with E-state index < -0.39 is 96.3 Å². The zero-order chi connectivity index (χ0) is 33.7. The molecule has 0 bridgehead atoms. The molecule has 0 aromatic rings. The maximum atomic E-state index is 14.2. The van der Waals surface area contributed by atoms with E-state index in [2.05, 4.69) is 27.1 Å². The van der Waals surface area contributed by atoms with Crippen LogP contribution in [-0.2, 0) is 59.1 Å². The molecule has 0 aromatic heterocycles. The Morgan fingerprint density at radius 1 is 0.381 bits per heavy atom. The lowest BCUT2D eigenvalue weighted by atomic mass is 9.85. The van der Waals surface area contributed by atoms with Crippen LogP contribution in [0.5, 0.6) is 0 Å². The van der Waals surface area contributed by atoms with Crippen molar-refractivity contribution in [1.29, 1.82) is 0 Å². The molecule has 1 saturated carbocycles. The van der Waals surface area contributed by atoms with Gasteiger partial charge in [-0.25, -0.2) is 22.8 Å². The topological polar surface area (TPSA) is 438 Å². The predicted octanol–water partition coefficient (Wildman–Crippen LogP) is -2.31. The Labute approximate surface area is 228 Å². The van der Waals surface area contributed by atoms with Gasteiger partial charge in [0, 0.05) is 0 Å². The zero-order valence-corrected chi connectivity index (χ0v) is 25.2. The summed E-state index contributed by atoms with van der Waals surface area (Å²) in [5.41, 5.74) is 0. The summed E-state index contributed by atoms with van der Waals surface area (Å²) < 4.78 is 133. The summed E-state index contributed by atoms with van der Waals surface area (Å²) in [5, 5.41) is -6.25. The van der Waals surface area contributed by atoms with E-state index in [9.17, 15) is 94.6 Å². The largest absolute Gasteiger partial charge is 0.470 e. The Morgan fingerprint density at radius 3 is 0.690 bits per heavy atom. The van der Waals surface area contributed by atoms with E-state index in [4.69, 9.17) is 9.79 Å². The summed E-state index contributed by atoms with van der Waals surface area (Å²) in [6.07, 6.45) is -21.4. The molecule has 1 fully saturated rings. The van der Waals surface area contributed by atoms with E-state index in [-0.39, 0.29) is 0 Å². The summed E-state index contributed by atoms with van der Waals surface area (Å²) in [7, 11) is -46.1. The van der Waals surface area contributed by atoms with Gasteiger partial charge in [-0.05, 0) is 0 Å². The minimum atomic E-state index is -7.46. The molecule has 0 spiro atoms. The quantitative estimate of drug-likeness (QED) is 0.0824. The standard InChI is InChI=1S/C7H19F2O26P7/c8-7(9,36(10,11)12)37(13,14)30-1-2(31-38(15,16)17)4(33-40(21,22)23)6(35-42(27,28)29)5(34-41(24,25)26)3(1)32-39(18,19)20/h1-6H,(H,13,14)(H2,10,11,12)(H2,15,16,17)(H2,18,19,20)(H2,21,22,23)(H2,24,25,26)(H2,27,28,29)/t1?,2-,3+,4+,5-,6?. The van der Waals surface area contributed by atoms with E-state index in [1.165, 1.54) is 0 Å². The molecule has 252 valence electrons. The Balaban J connectivity index is 4.25. The molecule has 0 aromatic carbocycles. The molecule has 1 rings (SSSR count). The molecule has 0 aliphatic heterocycles. The van der Waals surface area contributed by atoms with Gasteiger partial charge in [-0.1, -0.05) is 0 Å². The third kappa shape index (κ3) is 12.1. The van der Waals surface area contributed by atoms with Gasteiger partial charge in [0.1, 0.15) is 36.6 Å². The van der Waals surface area contributed by atoms with Crippen molar-refractivity contribution in [2.45, 2.75) is 42.0 Å². The predicted molar refractivity (Wildman–Crippen MR) is 116 cm³/mol. The van der Waals surface area contributed by atoms with Crippen LogP contribution in [-0.4, -0.2) is 106 Å². The molecule has 1 aliphatic rings. The van der Waals surface area contributed by atoms with Crippen molar-refractivity contribution in [3.8, 4) is 0 Å². The fourth-order valence-electron chi connectivity index (χ4n) is 3.03. The van der Waals surface area contributed by atoms with Gasteiger partial charge in [0.25, 0.3) is 0 Å². The minimum absolute atomic E-state index is 3.43. The first-order chi connectivity index (χ1) is 18.1. The third-order valence-corrected chi connectivity index (χ3v) is 10.2. The lowest BCUT2D eigenvalue weighted by Crippen LogP contribution is -2.66. The van der Waals surface area contributed by atoms with Gasteiger partial charge in [0.15, 0.2) is 0 Å². The average Bonchev–Trinajstić information content (AvgIpc) is 2.64. The van der Waals surface area contributed by atoms with Crippen LogP contribution in [0.25, 0.3) is 0 Å². The first kappa shape index (κ1) is 40.7. The summed E-state index contributed by atoms with van der Waals surface area (Å²) in [4.78, 5) is 119. The molecule has 35 heteroatoms. The second-order valence-corrected chi connectivity index (χ2v) is 17.2. The number of phosphoric acid groups is 5. The Kier molecular flexibility index (Phi) is 12.7. The van der Waals surface area contributed by atoms with Crippen LogP contribution in [0.15, 0.2) is 0 Å². The van der Waals surface area contributed by atoms with Crippen molar-refractivity contribution in [3.63, 3.8) is 0 Å². The van der Waals surface area contributed by atoms with E-state index in [0.29, 0.717) is 0 Å². The van der Waals surface area contributed by atoms with Gasteiger partial charge < -0.3 is 63.6 Å². The first-order valence-electron chi connectivity index (χ1n) is 9.21. The van der Waals surface area contributed by atoms with Crippen LogP contribution < -0.4 is 0 Å². The smallest absolute Gasteiger partial charge is 0.320 e. The van der Waals surface area contributed by atoms with Gasteiger partial charge in [-0.3, -0.25) is 36.3 Å². The Morgan fingerprint density at radius 2 is 0.548 bits per heavy atom. The SMILES string of the molecule is O=P(O)(O)OC1[C@@H](OP(=O)(O)O)[C@H](OP(=O)(O)O)C(OP(=O)(O)C(F)(F)P(=O)(O)O)[C@H](OP(=O)(O)O)[C@H]1OP(=O)(O)O. The monoisotopic (exact) mass is 774 g/mol. The van der Waals surface area contributed by atoms with Gasteiger partial charge >= 0.3 is 59.7 Å². The van der Waals surface area contributed by atoms with E-state index in [1.54, 1.807) is 0 Å². The first-order valence-corrected chi connectivity index (χ1v) is 20.1. The van der Waals surface area contributed by atoms with Crippen molar-refractivity contribution < 1.29 is 131 Å². The number of halogens is 2. The van der Waals surface area contributed by atoms with E-state index >= 15 is 0 Å². The van der Waals surface area contributed by atoms with Crippen LogP contribution in [0.2, 0.25) is 0 Å². The highest BCUT2D eigenvalue weighted by molar-refractivity contribution is 7.72. The second kappa shape index (κ2) is 13.1. The Bertz CT molecular complexity index is 1250. The highest BCUT2D eigenvalue weighted by Gasteiger charge is 2.69. The number of rotatable bonds is 14. The lowest BCUT2D eigenvalue weighted by Gasteiger charge is -2.48. The molecule has 7 atom stereocenters. The second-order valence-electron chi connectivity index (χ2n) is 7.45. The molecule has 1 aliphatic carbocycles. The van der Waals surface area contributed by atoms with Crippen molar-refractivity contribution in [2.75, 3.05) is 0 Å². The van der Waals surface area contributed by atoms with Crippen molar-refractivity contribution >= 4 is 54.3 Å². The van der Waals surface area contributed by atoms with E-state index in [1.807, 2.05) is 0 Å². The average molecular weight is 774 g/mol. The fourth-order valence-corrected chi connectivity index (χ4v) is 7.97. The molecular weight excluding hydrogens is 755 g/mol. The van der Waals surface area contributed by atoms with Gasteiger partial charge in [-0.15, -0.1) is 0 Å². The lowest BCUT2D eigenvalue weighted by molar-refractivity contribution is -0.201. The van der Waals surface area contributed by atoms with Crippen molar-refractivity contribution in [2.24, 2.45) is 0 Å². The van der Waals surface area contributed by atoms with Crippen LogP contribution in [0.3, 0.4) is 0 Å². The molecule has 0 radical (unpaired) electrons. The molecule has 3 unspecified atom stereocenters. The number of phosphoric ester groups is 5. The summed E-state index contributed by atoms with van der Waals surface area (Å²) in [5.74, 6) is 0. The molecule has 0 saturated heterocycles. The van der Waals surface area contributed by atoms with E-state index in [0.717, 1.165) is 0 Å². The van der Waals surface area contributed by atoms with Gasteiger partial charge in [-0.2, -0.15) is 8.78 Å². The number of hydrogen-bond acceptors (Lipinski definition) is 13. The fraction of sp³-hybridized carbons (Fsp3) is 1.00. The number of hydrogen-bond donors (Lipinski definition) is 13. The molecule has 42 heavy (non-hydrogen) atoms. The molecule has 0 amide bonds. The van der Waals surface area contributed by atoms with Crippen molar-refractivity contribution in [1.82, 2.24) is 0 Å². The summed E-state index contributed by atoms with van der Waals surface area (Å²) in [6.45, 7) is 0. The van der Waals surface area contributed by atoms with Gasteiger partial charge in [0.2, 0.25) is 0 Å². The Hall–Kier alpha value is 0.710. The maximum absolute atomic E-state index is 14.2. The van der Waals surface area contributed by atoms with Crippen LogP contribution >= 0.6 is 54.3 Å². The third-order valence-electron chi connectivity index (χ3n) is 4.19. The zero-order valence-electron chi connectivity index (χ0n) is 19.0. The highest BCUT2D eigenvalue weighted by Crippen LogP contribution is 2.74. The van der Waals surface area contributed by atoms with Crippen LogP contribution in [0.4, 0.5) is 8.78 Å². The maximum Gasteiger partial charge on any atom is 0.470 e. The minimum Gasteiger partial charge on any atom is -0.320 e. The molecule has 26 nitrogen and oxygen atoms in total. The molecule has 0 heterocycles. The van der Waals surface area contributed by atoms with Gasteiger partial charge in [0.05, 0.1) is 0 Å². The van der Waals surface area contributed by atoms with Crippen molar-refractivity contribution in [3.05, 3.63) is 0 Å².